The molecule has 0 saturated heterocycles. The molecule has 1 fully saturated rings. The van der Waals surface area contributed by atoms with Gasteiger partial charge in [0.25, 0.3) is 5.91 Å². The van der Waals surface area contributed by atoms with Crippen molar-refractivity contribution < 1.29 is 19.4 Å². The maximum Gasteiger partial charge on any atom is 0.286 e. The summed E-state index contributed by atoms with van der Waals surface area (Å²) in [5, 5.41) is 11.7. The van der Waals surface area contributed by atoms with Crippen molar-refractivity contribution in [3.8, 4) is 12.3 Å². The van der Waals surface area contributed by atoms with Crippen LogP contribution in [0.2, 0.25) is 0 Å². The minimum atomic E-state index is -0.432. The molecular weight excluding hydrogens is 282 g/mol. The van der Waals surface area contributed by atoms with Crippen molar-refractivity contribution in [1.82, 2.24) is 5.32 Å². The van der Waals surface area contributed by atoms with Gasteiger partial charge < -0.3 is 19.9 Å². The zero-order valence-corrected chi connectivity index (χ0v) is 13.1. The number of ether oxygens (including phenoxy) is 2. The third-order valence-electron chi connectivity index (χ3n) is 4.20. The molecule has 22 heavy (non-hydrogen) atoms. The molecule has 5 nitrogen and oxygen atoms in total. The molecule has 0 aromatic rings. The molecule has 5 heteroatoms. The Labute approximate surface area is 132 Å². The molecule has 1 aliphatic heterocycles. The average Bonchev–Trinajstić information content (AvgIpc) is 3.35. The number of terminal acetylenes is 1. The van der Waals surface area contributed by atoms with Gasteiger partial charge in [-0.3, -0.25) is 4.79 Å². The molecular formula is C17H25NO4. The summed E-state index contributed by atoms with van der Waals surface area (Å²) in [6, 6.07) is 0. The zero-order valence-electron chi connectivity index (χ0n) is 13.1. The van der Waals surface area contributed by atoms with Gasteiger partial charge in [0.15, 0.2) is 5.76 Å². The third-order valence-corrected chi connectivity index (χ3v) is 4.20. The number of allylic oxidation sites excluding steroid dienone is 1. The lowest BCUT2D eigenvalue weighted by Crippen LogP contribution is -2.40. The van der Waals surface area contributed by atoms with Crippen LogP contribution in [0, 0.1) is 30.1 Å². The minimum absolute atomic E-state index is 0.159. The Morgan fingerprint density at radius 2 is 2.36 bits per heavy atom. The van der Waals surface area contributed by atoms with Crippen molar-refractivity contribution in [3.05, 3.63) is 11.8 Å². The van der Waals surface area contributed by atoms with Gasteiger partial charge in [0.2, 0.25) is 6.29 Å². The van der Waals surface area contributed by atoms with Crippen LogP contribution in [0.5, 0.6) is 0 Å². The van der Waals surface area contributed by atoms with Crippen LogP contribution in [0.4, 0.5) is 0 Å². The van der Waals surface area contributed by atoms with Crippen molar-refractivity contribution >= 4 is 5.91 Å². The van der Waals surface area contributed by atoms with Crippen LogP contribution in [-0.2, 0) is 14.3 Å². The Balaban J connectivity index is 2.14. The number of aliphatic hydroxyl groups is 1. The predicted octanol–water partition coefficient (Wildman–Crippen LogP) is 1.43. The van der Waals surface area contributed by atoms with Gasteiger partial charge in [0.05, 0.1) is 6.54 Å². The van der Waals surface area contributed by atoms with E-state index in [1.54, 1.807) is 0 Å². The summed E-state index contributed by atoms with van der Waals surface area (Å²) in [5.41, 5.74) is 0. The first-order valence-electron chi connectivity index (χ1n) is 8.03. The van der Waals surface area contributed by atoms with Gasteiger partial charge in [-0.15, -0.1) is 6.42 Å². The molecule has 2 N–H and O–H groups in total. The number of rotatable bonds is 8. The average molecular weight is 307 g/mol. The molecule has 0 aromatic heterocycles. The van der Waals surface area contributed by atoms with E-state index >= 15 is 0 Å². The lowest BCUT2D eigenvalue weighted by Gasteiger charge is -2.37. The smallest absolute Gasteiger partial charge is 0.286 e. The number of amides is 1. The molecule has 1 amide bonds. The standard InChI is InChI=1S/C17H25NO4/c1-3-9-18-16(20)15-11-14(12-7-8-12)13(6-5-10-19)17(22-15)21-4-2/h1,11-14,17,19H,4-10H2,2H3,(H,18,20)/t13-,14-,17-/m0/s1. The SMILES string of the molecule is C#CCNC(=O)C1=C[C@@H](C2CC2)[C@H](CCCO)[C@@H](OCC)O1. The second-order valence-electron chi connectivity index (χ2n) is 5.80. The van der Waals surface area contributed by atoms with Crippen LogP contribution in [0.15, 0.2) is 11.8 Å². The largest absolute Gasteiger partial charge is 0.459 e. The number of carbonyl (C=O) groups excluding carboxylic acids is 1. The molecule has 0 spiro atoms. The summed E-state index contributed by atoms with van der Waals surface area (Å²) < 4.78 is 11.5. The monoisotopic (exact) mass is 307 g/mol. The lowest BCUT2D eigenvalue weighted by molar-refractivity contribution is -0.173. The molecule has 0 aromatic carbocycles. The van der Waals surface area contributed by atoms with E-state index in [4.69, 9.17) is 21.0 Å². The number of hydrogen-bond acceptors (Lipinski definition) is 4. The highest BCUT2D eigenvalue weighted by Gasteiger charge is 2.43. The fourth-order valence-corrected chi connectivity index (χ4v) is 3.02. The maximum absolute atomic E-state index is 12.1. The summed E-state index contributed by atoms with van der Waals surface area (Å²) in [6.07, 6.45) is 10.6. The second-order valence-corrected chi connectivity index (χ2v) is 5.80. The maximum atomic E-state index is 12.1. The molecule has 1 heterocycles. The van der Waals surface area contributed by atoms with Crippen molar-refractivity contribution in [2.45, 2.75) is 38.9 Å². The first kappa shape index (κ1) is 16.9. The van der Waals surface area contributed by atoms with Gasteiger partial charge in [-0.1, -0.05) is 5.92 Å². The Kier molecular flexibility index (Phi) is 6.29. The summed E-state index contributed by atoms with van der Waals surface area (Å²) in [7, 11) is 0. The first-order chi connectivity index (χ1) is 10.7. The molecule has 122 valence electrons. The zero-order chi connectivity index (χ0) is 15.9. The Hall–Kier alpha value is -1.51. The highest BCUT2D eigenvalue weighted by atomic mass is 16.7. The van der Waals surface area contributed by atoms with Gasteiger partial charge in [0, 0.05) is 19.1 Å². The molecule has 1 saturated carbocycles. The topological polar surface area (TPSA) is 67.8 Å². The van der Waals surface area contributed by atoms with E-state index in [0.717, 1.165) is 6.42 Å². The van der Waals surface area contributed by atoms with E-state index in [2.05, 4.69) is 11.2 Å². The Morgan fingerprint density at radius 3 is 2.95 bits per heavy atom. The van der Waals surface area contributed by atoms with Crippen LogP contribution in [0.1, 0.15) is 32.6 Å². The van der Waals surface area contributed by atoms with Gasteiger partial charge in [-0.2, -0.15) is 0 Å². The summed E-state index contributed by atoms with van der Waals surface area (Å²) >= 11 is 0. The molecule has 0 unspecified atom stereocenters. The van der Waals surface area contributed by atoms with E-state index in [-0.39, 0.29) is 30.9 Å². The Bertz CT molecular complexity index is 450. The van der Waals surface area contributed by atoms with Crippen molar-refractivity contribution in [3.63, 3.8) is 0 Å². The fourth-order valence-electron chi connectivity index (χ4n) is 3.02. The summed E-state index contributed by atoms with van der Waals surface area (Å²) in [5.74, 6) is 3.45. The van der Waals surface area contributed by atoms with Gasteiger partial charge in [-0.25, -0.2) is 0 Å². The number of aliphatic hydroxyl groups excluding tert-OH is 1. The van der Waals surface area contributed by atoms with E-state index in [9.17, 15) is 4.79 Å². The van der Waals surface area contributed by atoms with E-state index in [0.29, 0.717) is 24.7 Å². The van der Waals surface area contributed by atoms with E-state index in [1.807, 2.05) is 13.0 Å². The van der Waals surface area contributed by atoms with E-state index < -0.39 is 6.29 Å². The van der Waals surface area contributed by atoms with Gasteiger partial charge in [-0.05, 0) is 50.5 Å². The predicted molar refractivity (Wildman–Crippen MR) is 82.4 cm³/mol. The molecule has 2 aliphatic rings. The van der Waals surface area contributed by atoms with E-state index in [1.165, 1.54) is 12.8 Å². The van der Waals surface area contributed by atoms with Crippen LogP contribution in [-0.4, -0.2) is 37.1 Å². The van der Waals surface area contributed by atoms with Crippen molar-refractivity contribution in [2.75, 3.05) is 19.8 Å². The molecule has 0 bridgehead atoms. The van der Waals surface area contributed by atoms with Crippen LogP contribution < -0.4 is 5.32 Å². The number of hydrogen-bond donors (Lipinski definition) is 2. The highest BCUT2D eigenvalue weighted by molar-refractivity contribution is 5.91. The normalized spacial score (nSPS) is 27.5. The third kappa shape index (κ3) is 4.25. The highest BCUT2D eigenvalue weighted by Crippen LogP contribution is 2.47. The Morgan fingerprint density at radius 1 is 1.59 bits per heavy atom. The first-order valence-corrected chi connectivity index (χ1v) is 8.03. The van der Waals surface area contributed by atoms with Crippen LogP contribution in [0.25, 0.3) is 0 Å². The van der Waals surface area contributed by atoms with Gasteiger partial charge in [0.1, 0.15) is 0 Å². The molecule has 3 atom stereocenters. The van der Waals surface area contributed by atoms with Crippen LogP contribution >= 0.6 is 0 Å². The summed E-state index contributed by atoms with van der Waals surface area (Å²) in [4.78, 5) is 12.1. The molecule has 0 radical (unpaired) electrons. The molecule has 1 aliphatic carbocycles. The van der Waals surface area contributed by atoms with Gasteiger partial charge >= 0.3 is 0 Å². The number of carbonyl (C=O) groups is 1. The van der Waals surface area contributed by atoms with Crippen LogP contribution in [0.3, 0.4) is 0 Å². The second kappa shape index (κ2) is 8.21. The lowest BCUT2D eigenvalue weighted by atomic mass is 9.82. The quantitative estimate of drug-likeness (QED) is 0.666. The number of nitrogens with one attached hydrogen (secondary N) is 1. The minimum Gasteiger partial charge on any atom is -0.459 e. The van der Waals surface area contributed by atoms with Crippen molar-refractivity contribution in [1.29, 1.82) is 0 Å². The summed E-state index contributed by atoms with van der Waals surface area (Å²) in [6.45, 7) is 2.78. The van der Waals surface area contributed by atoms with Crippen molar-refractivity contribution in [2.24, 2.45) is 17.8 Å². The fraction of sp³-hybridized carbons (Fsp3) is 0.706. The molecule has 2 rings (SSSR count).